The van der Waals surface area contributed by atoms with E-state index < -0.39 is 23.3 Å². The Bertz CT molecular complexity index is 416. The minimum Gasteiger partial charge on any atom is -0.372 e. The zero-order valence-electron chi connectivity index (χ0n) is 9.13. The summed E-state index contributed by atoms with van der Waals surface area (Å²) in [6, 6.07) is 3.14. The predicted molar refractivity (Wildman–Crippen MR) is 52.4 cm³/mol. The highest BCUT2D eigenvalue weighted by Crippen LogP contribution is 2.48. The topological polar surface area (TPSA) is 37.3 Å². The van der Waals surface area contributed by atoms with E-state index in [-0.39, 0.29) is 12.5 Å². The summed E-state index contributed by atoms with van der Waals surface area (Å²) in [6.45, 7) is -0.0197. The smallest absolute Gasteiger partial charge is 0.372 e. The van der Waals surface area contributed by atoms with Crippen LogP contribution in [-0.4, -0.2) is 23.5 Å². The Labute approximate surface area is 99.0 Å². The van der Waals surface area contributed by atoms with Gasteiger partial charge < -0.3 is 5.11 Å². The van der Waals surface area contributed by atoms with E-state index in [4.69, 9.17) is 0 Å². The number of carbonyl (C=O) groups is 1. The minimum absolute atomic E-state index is 0.0164. The van der Waals surface area contributed by atoms with Gasteiger partial charge in [-0.05, 0) is 5.56 Å². The molecule has 0 saturated heterocycles. The first-order valence-corrected chi connectivity index (χ1v) is 4.76. The highest BCUT2D eigenvalue weighted by Gasteiger charge is 2.67. The third-order valence-electron chi connectivity index (χ3n) is 2.51. The summed E-state index contributed by atoms with van der Waals surface area (Å²) >= 11 is 0. The first kappa shape index (κ1) is 14.6. The molecule has 1 unspecified atom stereocenters. The van der Waals surface area contributed by atoms with Crippen LogP contribution in [0.15, 0.2) is 24.3 Å². The molecule has 0 bridgehead atoms. The second kappa shape index (κ2) is 4.31. The monoisotopic (exact) mass is 268 g/mol. The molecule has 1 aromatic rings. The summed E-state index contributed by atoms with van der Waals surface area (Å²) in [7, 11) is 0. The fraction of sp³-hybridized carbons (Fsp3) is 0.364. The van der Waals surface area contributed by atoms with Crippen molar-refractivity contribution in [1.82, 2.24) is 0 Å². The van der Waals surface area contributed by atoms with Gasteiger partial charge in [0, 0.05) is 12.5 Å². The molecule has 18 heavy (non-hydrogen) atoms. The van der Waals surface area contributed by atoms with Crippen molar-refractivity contribution in [3.63, 3.8) is 0 Å². The van der Waals surface area contributed by atoms with Crippen molar-refractivity contribution in [3.8, 4) is 0 Å². The highest BCUT2D eigenvalue weighted by atomic mass is 19.4. The van der Waals surface area contributed by atoms with E-state index in [1.807, 2.05) is 0 Å². The van der Waals surface area contributed by atoms with E-state index in [0.717, 1.165) is 12.1 Å². The lowest BCUT2D eigenvalue weighted by atomic mass is 9.87. The molecule has 0 aliphatic carbocycles. The van der Waals surface area contributed by atoms with Crippen LogP contribution in [0.3, 0.4) is 0 Å². The normalized spacial score (nSPS) is 16.2. The number of halogens is 5. The van der Waals surface area contributed by atoms with Gasteiger partial charge in [-0.25, -0.2) is 8.78 Å². The van der Waals surface area contributed by atoms with Crippen molar-refractivity contribution >= 4 is 6.29 Å². The molecule has 1 N–H and O–H groups in total. The molecule has 0 aromatic heterocycles. The highest BCUT2D eigenvalue weighted by molar-refractivity contribution is 5.74. The van der Waals surface area contributed by atoms with Crippen LogP contribution in [-0.2, 0) is 5.60 Å². The fourth-order valence-corrected chi connectivity index (χ4v) is 1.47. The maximum atomic E-state index is 13.1. The average molecular weight is 268 g/mol. The number of hydrogen-bond acceptors (Lipinski definition) is 2. The number of aliphatic hydroxyl groups is 1. The Morgan fingerprint density at radius 3 is 1.78 bits per heavy atom. The van der Waals surface area contributed by atoms with Crippen molar-refractivity contribution in [2.24, 2.45) is 0 Å². The summed E-state index contributed by atoms with van der Waals surface area (Å²) in [6.07, 6.45) is -5.20. The predicted octanol–water partition coefficient (Wildman–Crippen LogP) is 2.90. The second-order valence-corrected chi connectivity index (χ2v) is 3.84. The van der Waals surface area contributed by atoms with E-state index in [0.29, 0.717) is 18.4 Å². The van der Waals surface area contributed by atoms with Crippen LogP contribution in [0.1, 0.15) is 22.8 Å². The lowest BCUT2D eigenvalue weighted by Gasteiger charge is -2.35. The van der Waals surface area contributed by atoms with Crippen LogP contribution >= 0.6 is 0 Å². The van der Waals surface area contributed by atoms with E-state index in [1.54, 1.807) is 0 Å². The lowest BCUT2D eigenvalue weighted by Crippen LogP contribution is -2.54. The third kappa shape index (κ3) is 2.22. The quantitative estimate of drug-likeness (QED) is 0.676. The van der Waals surface area contributed by atoms with Gasteiger partial charge in [0.1, 0.15) is 6.29 Å². The first-order chi connectivity index (χ1) is 8.04. The zero-order valence-corrected chi connectivity index (χ0v) is 9.13. The number of hydrogen-bond donors (Lipinski definition) is 1. The van der Waals surface area contributed by atoms with Crippen LogP contribution in [0.25, 0.3) is 0 Å². The standard InChI is InChI=1S/C11H9F5O2/c1-9(12,13)10(18,11(14,15)16)8-4-2-7(6-17)3-5-8/h2-6,18H,1H3. The fourth-order valence-electron chi connectivity index (χ4n) is 1.47. The molecule has 0 radical (unpaired) electrons. The molecular formula is C11H9F5O2. The summed E-state index contributed by atoms with van der Waals surface area (Å²) in [4.78, 5) is 10.3. The Kier molecular flexibility index (Phi) is 3.49. The van der Waals surface area contributed by atoms with Crippen LogP contribution in [0.2, 0.25) is 0 Å². The van der Waals surface area contributed by atoms with Gasteiger partial charge in [-0.3, -0.25) is 4.79 Å². The Morgan fingerprint density at radius 1 is 1.06 bits per heavy atom. The summed E-state index contributed by atoms with van der Waals surface area (Å²) in [5, 5.41) is 9.36. The number of aldehydes is 1. The molecule has 7 heteroatoms. The molecule has 0 heterocycles. The molecule has 100 valence electrons. The third-order valence-corrected chi connectivity index (χ3v) is 2.51. The Hall–Kier alpha value is -1.50. The van der Waals surface area contributed by atoms with Gasteiger partial charge in [0.05, 0.1) is 0 Å². The SMILES string of the molecule is CC(F)(F)C(O)(c1ccc(C=O)cc1)C(F)(F)F. The molecule has 0 aliphatic rings. The van der Waals surface area contributed by atoms with E-state index >= 15 is 0 Å². The number of alkyl halides is 5. The largest absolute Gasteiger partial charge is 0.427 e. The van der Waals surface area contributed by atoms with Gasteiger partial charge in [0.25, 0.3) is 5.92 Å². The second-order valence-electron chi connectivity index (χ2n) is 3.84. The Balaban J connectivity index is 3.40. The maximum Gasteiger partial charge on any atom is 0.427 e. The van der Waals surface area contributed by atoms with E-state index in [1.165, 1.54) is 0 Å². The van der Waals surface area contributed by atoms with Crippen molar-refractivity contribution < 1.29 is 31.9 Å². The van der Waals surface area contributed by atoms with E-state index in [9.17, 15) is 31.9 Å². The maximum absolute atomic E-state index is 13.1. The van der Waals surface area contributed by atoms with Crippen LogP contribution in [0.4, 0.5) is 22.0 Å². The number of carbonyl (C=O) groups excluding carboxylic acids is 1. The van der Waals surface area contributed by atoms with Gasteiger partial charge in [-0.1, -0.05) is 24.3 Å². The van der Waals surface area contributed by atoms with Crippen molar-refractivity contribution in [2.75, 3.05) is 0 Å². The van der Waals surface area contributed by atoms with Gasteiger partial charge >= 0.3 is 6.18 Å². The molecular weight excluding hydrogens is 259 g/mol. The lowest BCUT2D eigenvalue weighted by molar-refractivity contribution is -0.335. The Morgan fingerprint density at radius 2 is 1.50 bits per heavy atom. The summed E-state index contributed by atoms with van der Waals surface area (Å²) in [5.74, 6) is -4.42. The number of rotatable bonds is 3. The van der Waals surface area contributed by atoms with Gasteiger partial charge in [0.2, 0.25) is 5.60 Å². The van der Waals surface area contributed by atoms with Crippen LogP contribution in [0, 0.1) is 0 Å². The van der Waals surface area contributed by atoms with Crippen molar-refractivity contribution in [3.05, 3.63) is 35.4 Å². The molecule has 0 fully saturated rings. The number of benzene rings is 1. The zero-order chi connectivity index (χ0) is 14.2. The van der Waals surface area contributed by atoms with Gasteiger partial charge in [-0.15, -0.1) is 0 Å². The van der Waals surface area contributed by atoms with Crippen molar-refractivity contribution in [1.29, 1.82) is 0 Å². The molecule has 1 aromatic carbocycles. The van der Waals surface area contributed by atoms with Gasteiger partial charge in [0.15, 0.2) is 0 Å². The molecule has 0 aliphatic heterocycles. The van der Waals surface area contributed by atoms with Crippen LogP contribution in [0.5, 0.6) is 0 Å². The molecule has 2 nitrogen and oxygen atoms in total. The molecule has 1 atom stereocenters. The van der Waals surface area contributed by atoms with Crippen LogP contribution < -0.4 is 0 Å². The molecule has 1 rings (SSSR count). The molecule has 0 spiro atoms. The van der Waals surface area contributed by atoms with Crippen molar-refractivity contribution in [2.45, 2.75) is 24.6 Å². The summed E-state index contributed by atoms with van der Waals surface area (Å²) < 4.78 is 64.2. The van der Waals surface area contributed by atoms with E-state index in [2.05, 4.69) is 0 Å². The minimum atomic E-state index is -5.55. The van der Waals surface area contributed by atoms with Gasteiger partial charge in [-0.2, -0.15) is 13.2 Å². The molecule has 0 amide bonds. The first-order valence-electron chi connectivity index (χ1n) is 4.76. The molecule has 0 saturated carbocycles. The average Bonchev–Trinajstić information content (AvgIpc) is 2.25. The summed E-state index contributed by atoms with van der Waals surface area (Å²) in [5.41, 5.74) is -5.29.